The van der Waals surface area contributed by atoms with Crippen LogP contribution in [0.2, 0.25) is 0 Å². The number of hydrogen-bond donors (Lipinski definition) is 2. The number of carbonyl (C=O) groups is 2. The molecule has 154 valence electrons. The average Bonchev–Trinajstić information content (AvgIpc) is 3.51. The Balaban J connectivity index is 1.37. The Morgan fingerprint density at radius 1 is 1.07 bits per heavy atom. The lowest BCUT2D eigenvalue weighted by atomic mass is 10.1. The van der Waals surface area contributed by atoms with Gasteiger partial charge in [0.15, 0.2) is 5.69 Å². The molecule has 0 spiro atoms. The molecule has 7 heteroatoms. The van der Waals surface area contributed by atoms with Crippen LogP contribution >= 0.6 is 0 Å². The van der Waals surface area contributed by atoms with Crippen molar-refractivity contribution in [2.75, 3.05) is 12.4 Å². The van der Waals surface area contributed by atoms with E-state index in [-0.39, 0.29) is 23.8 Å². The maximum atomic E-state index is 12.6. The summed E-state index contributed by atoms with van der Waals surface area (Å²) in [5.74, 6) is 0.758. The SMILES string of the molecule is COc1ccc(-n2ccc(C(=O)NC(C)c3ccc(NC(=O)C4CC4)cc3)n2)cc1. The zero-order chi connectivity index (χ0) is 21.1. The van der Waals surface area contributed by atoms with E-state index in [9.17, 15) is 9.59 Å². The molecule has 0 bridgehead atoms. The van der Waals surface area contributed by atoms with Gasteiger partial charge in [-0.3, -0.25) is 9.59 Å². The van der Waals surface area contributed by atoms with Crippen LogP contribution in [0.4, 0.5) is 5.69 Å². The van der Waals surface area contributed by atoms with Gasteiger partial charge < -0.3 is 15.4 Å². The quantitative estimate of drug-likeness (QED) is 0.629. The summed E-state index contributed by atoms with van der Waals surface area (Å²) < 4.78 is 6.81. The summed E-state index contributed by atoms with van der Waals surface area (Å²) >= 11 is 0. The smallest absolute Gasteiger partial charge is 0.272 e. The third-order valence-electron chi connectivity index (χ3n) is 5.13. The lowest BCUT2D eigenvalue weighted by molar-refractivity contribution is -0.117. The first-order valence-electron chi connectivity index (χ1n) is 9.95. The molecule has 2 N–H and O–H groups in total. The maximum absolute atomic E-state index is 12.6. The zero-order valence-electron chi connectivity index (χ0n) is 17.0. The second-order valence-electron chi connectivity index (χ2n) is 7.42. The number of nitrogens with zero attached hydrogens (tertiary/aromatic N) is 2. The number of ether oxygens (including phenoxy) is 1. The normalized spacial score (nSPS) is 14.1. The first-order chi connectivity index (χ1) is 14.5. The predicted octanol–water partition coefficient (Wildman–Crippen LogP) is 3.72. The Hall–Kier alpha value is -3.61. The minimum atomic E-state index is -0.249. The lowest BCUT2D eigenvalue weighted by Gasteiger charge is -2.14. The van der Waals surface area contributed by atoms with Gasteiger partial charge in [-0.15, -0.1) is 0 Å². The van der Waals surface area contributed by atoms with Gasteiger partial charge in [0.05, 0.1) is 18.8 Å². The monoisotopic (exact) mass is 404 g/mol. The van der Waals surface area contributed by atoms with Crippen LogP contribution in [0, 0.1) is 5.92 Å². The molecule has 7 nitrogen and oxygen atoms in total. The Labute approximate surface area is 175 Å². The summed E-state index contributed by atoms with van der Waals surface area (Å²) in [5, 5.41) is 10.2. The van der Waals surface area contributed by atoms with E-state index in [1.165, 1.54) is 0 Å². The molecule has 30 heavy (non-hydrogen) atoms. The highest BCUT2D eigenvalue weighted by molar-refractivity contribution is 5.94. The molecular formula is C23H24N4O3. The highest BCUT2D eigenvalue weighted by Crippen LogP contribution is 2.30. The standard InChI is InChI=1S/C23H24N4O3/c1-15(16-5-7-18(8-6-16)25-22(28)17-3-4-17)24-23(29)21-13-14-27(26-21)19-9-11-20(30-2)12-10-19/h5-15,17H,3-4H2,1-2H3,(H,24,29)(H,25,28). The molecule has 3 aromatic rings. The average molecular weight is 404 g/mol. The van der Waals surface area contributed by atoms with Crippen LogP contribution in [0.3, 0.4) is 0 Å². The number of rotatable bonds is 7. The lowest BCUT2D eigenvalue weighted by Crippen LogP contribution is -2.27. The van der Waals surface area contributed by atoms with Gasteiger partial charge in [0.1, 0.15) is 5.75 Å². The van der Waals surface area contributed by atoms with E-state index in [1.807, 2.05) is 55.5 Å². The molecule has 1 aliphatic carbocycles. The molecule has 1 heterocycles. The van der Waals surface area contributed by atoms with Crippen LogP contribution in [0.5, 0.6) is 5.75 Å². The molecule has 2 aromatic carbocycles. The van der Waals surface area contributed by atoms with Crippen molar-refractivity contribution in [3.05, 3.63) is 72.1 Å². The van der Waals surface area contributed by atoms with Crippen molar-refractivity contribution in [3.8, 4) is 11.4 Å². The molecule has 0 radical (unpaired) electrons. The number of carbonyl (C=O) groups excluding carboxylic acids is 2. The predicted molar refractivity (Wildman–Crippen MR) is 114 cm³/mol. The number of nitrogens with one attached hydrogen (secondary N) is 2. The molecule has 1 aromatic heterocycles. The minimum absolute atomic E-state index is 0.0801. The van der Waals surface area contributed by atoms with Gasteiger partial charge in [-0.1, -0.05) is 12.1 Å². The number of methoxy groups -OCH3 is 1. The summed E-state index contributed by atoms with van der Waals surface area (Å²) in [7, 11) is 1.62. The van der Waals surface area contributed by atoms with Crippen molar-refractivity contribution in [1.82, 2.24) is 15.1 Å². The van der Waals surface area contributed by atoms with Gasteiger partial charge in [-0.25, -0.2) is 4.68 Å². The molecule has 1 aliphatic rings. The van der Waals surface area contributed by atoms with Crippen LogP contribution in [-0.2, 0) is 4.79 Å². The van der Waals surface area contributed by atoms with Crippen LogP contribution in [0.15, 0.2) is 60.8 Å². The first kappa shape index (κ1) is 19.7. The fourth-order valence-electron chi connectivity index (χ4n) is 3.12. The highest BCUT2D eigenvalue weighted by atomic mass is 16.5. The van der Waals surface area contributed by atoms with Crippen molar-refractivity contribution in [2.24, 2.45) is 5.92 Å². The van der Waals surface area contributed by atoms with Crippen molar-refractivity contribution in [3.63, 3.8) is 0 Å². The van der Waals surface area contributed by atoms with E-state index in [0.717, 1.165) is 35.5 Å². The van der Waals surface area contributed by atoms with Gasteiger partial charge in [0.2, 0.25) is 5.91 Å². The van der Waals surface area contributed by atoms with Crippen molar-refractivity contribution in [1.29, 1.82) is 0 Å². The zero-order valence-corrected chi connectivity index (χ0v) is 17.0. The van der Waals surface area contributed by atoms with E-state index in [1.54, 1.807) is 24.1 Å². The van der Waals surface area contributed by atoms with Gasteiger partial charge in [-0.05, 0) is 67.8 Å². The minimum Gasteiger partial charge on any atom is -0.497 e. The van der Waals surface area contributed by atoms with Crippen molar-refractivity contribution >= 4 is 17.5 Å². The first-order valence-corrected chi connectivity index (χ1v) is 9.95. The van der Waals surface area contributed by atoms with Crippen LogP contribution < -0.4 is 15.4 Å². The molecule has 0 aliphatic heterocycles. The van der Waals surface area contributed by atoms with Crippen molar-refractivity contribution < 1.29 is 14.3 Å². The van der Waals surface area contributed by atoms with E-state index >= 15 is 0 Å². The van der Waals surface area contributed by atoms with Crippen LogP contribution in [0.1, 0.15) is 41.9 Å². The van der Waals surface area contributed by atoms with Crippen molar-refractivity contribution in [2.45, 2.75) is 25.8 Å². The van der Waals surface area contributed by atoms with Crippen LogP contribution in [-0.4, -0.2) is 28.7 Å². The molecule has 1 fully saturated rings. The Morgan fingerprint density at radius 2 is 1.77 bits per heavy atom. The molecule has 2 amide bonds. The number of benzene rings is 2. The van der Waals surface area contributed by atoms with E-state index in [0.29, 0.717) is 5.69 Å². The molecule has 4 rings (SSSR count). The maximum Gasteiger partial charge on any atom is 0.272 e. The van der Waals surface area contributed by atoms with Gasteiger partial charge in [0.25, 0.3) is 5.91 Å². The third kappa shape index (κ3) is 4.51. The summed E-state index contributed by atoms with van der Waals surface area (Å²) in [4.78, 5) is 24.5. The second kappa shape index (κ2) is 8.41. The van der Waals surface area contributed by atoms with Gasteiger partial charge >= 0.3 is 0 Å². The summed E-state index contributed by atoms with van der Waals surface area (Å²) in [6, 6.07) is 16.4. The molecular weight excluding hydrogens is 380 g/mol. The van der Waals surface area contributed by atoms with Crippen LogP contribution in [0.25, 0.3) is 5.69 Å². The molecule has 1 atom stereocenters. The van der Waals surface area contributed by atoms with Gasteiger partial charge in [-0.2, -0.15) is 5.10 Å². The summed E-state index contributed by atoms with van der Waals surface area (Å²) in [6.45, 7) is 1.91. The second-order valence-corrected chi connectivity index (χ2v) is 7.42. The summed E-state index contributed by atoms with van der Waals surface area (Å²) in [5.41, 5.74) is 2.90. The fourth-order valence-corrected chi connectivity index (χ4v) is 3.12. The molecule has 1 saturated carbocycles. The van der Waals surface area contributed by atoms with E-state index in [2.05, 4.69) is 15.7 Å². The molecule has 0 saturated heterocycles. The fraction of sp³-hybridized carbons (Fsp3) is 0.261. The largest absolute Gasteiger partial charge is 0.497 e. The Bertz CT molecular complexity index is 1040. The Kier molecular flexibility index (Phi) is 5.52. The topological polar surface area (TPSA) is 85.2 Å². The number of aromatic nitrogens is 2. The third-order valence-corrected chi connectivity index (χ3v) is 5.13. The number of hydrogen-bond acceptors (Lipinski definition) is 4. The highest BCUT2D eigenvalue weighted by Gasteiger charge is 2.29. The number of anilines is 1. The molecule has 1 unspecified atom stereocenters. The van der Waals surface area contributed by atoms with E-state index < -0.39 is 0 Å². The Morgan fingerprint density at radius 3 is 2.40 bits per heavy atom. The number of amides is 2. The van der Waals surface area contributed by atoms with Gasteiger partial charge in [0, 0.05) is 17.8 Å². The summed E-state index contributed by atoms with van der Waals surface area (Å²) in [6.07, 6.45) is 3.70. The van der Waals surface area contributed by atoms with E-state index in [4.69, 9.17) is 4.74 Å².